The Kier molecular flexibility index (Phi) is 3.16. The average Bonchev–Trinajstić information content (AvgIpc) is 2.84. The topological polar surface area (TPSA) is 55.1 Å². The molecule has 1 N–H and O–H groups in total. The van der Waals surface area contributed by atoms with Crippen LogP contribution >= 0.6 is 11.6 Å². The van der Waals surface area contributed by atoms with E-state index in [4.69, 9.17) is 16.7 Å². The highest BCUT2D eigenvalue weighted by atomic mass is 35.5. The van der Waals surface area contributed by atoms with Crippen molar-refractivity contribution in [1.82, 2.24) is 9.55 Å². The highest BCUT2D eigenvalue weighted by molar-refractivity contribution is 6.31. The smallest absolute Gasteiger partial charge is 0.335 e. The number of halogens is 1. The van der Waals surface area contributed by atoms with Gasteiger partial charge in [-0.05, 0) is 29.8 Å². The predicted octanol–water partition coefficient (Wildman–Crippen LogP) is 3.44. The molecule has 0 bridgehead atoms. The Morgan fingerprint density at radius 2 is 2.05 bits per heavy atom. The molecule has 0 saturated heterocycles. The maximum Gasteiger partial charge on any atom is 0.335 e. The van der Waals surface area contributed by atoms with Crippen LogP contribution in [-0.2, 0) is 6.54 Å². The number of carbonyl (C=O) groups is 1. The van der Waals surface area contributed by atoms with E-state index in [1.54, 1.807) is 24.5 Å². The Morgan fingerprint density at radius 3 is 2.80 bits per heavy atom. The standard InChI is InChI=1S/C15H11ClN2O2/c16-12-4-2-1-3-11(12)8-18-9-17-13-7-10(15(19)20)5-6-14(13)18/h1-7,9H,8H2,(H,19,20). The van der Waals surface area contributed by atoms with Crippen molar-refractivity contribution in [1.29, 1.82) is 0 Å². The fourth-order valence-corrected chi connectivity index (χ4v) is 2.33. The van der Waals surface area contributed by atoms with Gasteiger partial charge in [-0.1, -0.05) is 29.8 Å². The molecular formula is C15H11ClN2O2. The van der Waals surface area contributed by atoms with Gasteiger partial charge < -0.3 is 9.67 Å². The maximum atomic E-state index is 10.9. The Labute approximate surface area is 120 Å². The van der Waals surface area contributed by atoms with Gasteiger partial charge in [-0.25, -0.2) is 9.78 Å². The highest BCUT2D eigenvalue weighted by Gasteiger charge is 2.09. The van der Waals surface area contributed by atoms with Crippen LogP contribution in [0.15, 0.2) is 48.8 Å². The van der Waals surface area contributed by atoms with Crippen molar-refractivity contribution in [2.75, 3.05) is 0 Å². The van der Waals surface area contributed by atoms with Gasteiger partial charge in [0.15, 0.2) is 0 Å². The van der Waals surface area contributed by atoms with Crippen LogP contribution in [0.5, 0.6) is 0 Å². The molecule has 0 amide bonds. The van der Waals surface area contributed by atoms with Crippen LogP contribution in [0, 0.1) is 0 Å². The van der Waals surface area contributed by atoms with Gasteiger partial charge in [0.1, 0.15) is 0 Å². The van der Waals surface area contributed by atoms with E-state index < -0.39 is 5.97 Å². The summed E-state index contributed by atoms with van der Waals surface area (Å²) in [7, 11) is 0. The molecule has 5 heteroatoms. The number of nitrogens with zero attached hydrogens (tertiary/aromatic N) is 2. The molecule has 0 atom stereocenters. The molecule has 0 spiro atoms. The second-order valence-electron chi connectivity index (χ2n) is 4.47. The molecule has 0 radical (unpaired) electrons. The number of aromatic nitrogens is 2. The Morgan fingerprint density at radius 1 is 1.25 bits per heavy atom. The number of hydrogen-bond acceptors (Lipinski definition) is 2. The molecule has 4 nitrogen and oxygen atoms in total. The molecule has 0 unspecified atom stereocenters. The molecule has 0 aliphatic rings. The lowest BCUT2D eigenvalue weighted by molar-refractivity contribution is 0.0697. The SMILES string of the molecule is O=C(O)c1ccc2c(c1)ncn2Cc1ccccc1Cl. The third kappa shape index (κ3) is 2.26. The number of carboxylic acids is 1. The highest BCUT2D eigenvalue weighted by Crippen LogP contribution is 2.20. The number of hydrogen-bond donors (Lipinski definition) is 1. The lowest BCUT2D eigenvalue weighted by atomic mass is 10.2. The van der Waals surface area contributed by atoms with E-state index in [9.17, 15) is 4.79 Å². The minimum atomic E-state index is -0.951. The molecule has 3 rings (SSSR count). The van der Waals surface area contributed by atoms with Crippen LogP contribution in [0.4, 0.5) is 0 Å². The number of carboxylic acid groups (broad SMARTS) is 1. The van der Waals surface area contributed by atoms with E-state index in [2.05, 4.69) is 4.98 Å². The van der Waals surface area contributed by atoms with Crippen molar-refractivity contribution in [2.24, 2.45) is 0 Å². The van der Waals surface area contributed by atoms with Gasteiger partial charge >= 0.3 is 5.97 Å². The predicted molar refractivity (Wildman–Crippen MR) is 77.2 cm³/mol. The first-order chi connectivity index (χ1) is 9.65. The van der Waals surface area contributed by atoms with Gasteiger partial charge in [0.2, 0.25) is 0 Å². The molecule has 0 fully saturated rings. The Hall–Kier alpha value is -2.33. The maximum absolute atomic E-state index is 10.9. The van der Waals surface area contributed by atoms with E-state index in [0.29, 0.717) is 17.1 Å². The van der Waals surface area contributed by atoms with E-state index in [1.165, 1.54) is 0 Å². The summed E-state index contributed by atoms with van der Waals surface area (Å²) in [6.45, 7) is 0.600. The molecule has 2 aromatic carbocycles. The summed E-state index contributed by atoms with van der Waals surface area (Å²) in [5, 5.41) is 9.68. The normalized spacial score (nSPS) is 10.8. The monoisotopic (exact) mass is 286 g/mol. The first-order valence-electron chi connectivity index (χ1n) is 6.07. The first kappa shape index (κ1) is 12.7. The van der Waals surface area contributed by atoms with Crippen molar-refractivity contribution in [3.8, 4) is 0 Å². The van der Waals surface area contributed by atoms with E-state index in [0.717, 1.165) is 11.1 Å². The molecular weight excluding hydrogens is 276 g/mol. The molecule has 0 aliphatic carbocycles. The van der Waals surface area contributed by atoms with Crippen LogP contribution < -0.4 is 0 Å². The zero-order valence-corrected chi connectivity index (χ0v) is 11.2. The minimum absolute atomic E-state index is 0.237. The van der Waals surface area contributed by atoms with Crippen LogP contribution in [0.1, 0.15) is 15.9 Å². The van der Waals surface area contributed by atoms with Crippen molar-refractivity contribution < 1.29 is 9.90 Å². The van der Waals surface area contributed by atoms with Crippen molar-refractivity contribution in [3.05, 3.63) is 64.9 Å². The molecule has 0 saturated carbocycles. The lowest BCUT2D eigenvalue weighted by Gasteiger charge is -2.06. The zero-order chi connectivity index (χ0) is 14.1. The van der Waals surface area contributed by atoms with Gasteiger partial charge in [0.05, 0.1) is 29.5 Å². The van der Waals surface area contributed by atoms with E-state index >= 15 is 0 Å². The number of imidazole rings is 1. The third-order valence-electron chi connectivity index (χ3n) is 3.17. The van der Waals surface area contributed by atoms with Crippen molar-refractivity contribution >= 4 is 28.6 Å². The number of aromatic carboxylic acids is 1. The second kappa shape index (κ2) is 4.98. The van der Waals surface area contributed by atoms with E-state index in [-0.39, 0.29) is 5.56 Å². The lowest BCUT2D eigenvalue weighted by Crippen LogP contribution is -1.99. The summed E-state index contributed by atoms with van der Waals surface area (Å²) in [6.07, 6.45) is 1.69. The zero-order valence-electron chi connectivity index (χ0n) is 10.5. The quantitative estimate of drug-likeness (QED) is 0.802. The summed E-state index contributed by atoms with van der Waals surface area (Å²) in [6, 6.07) is 12.5. The van der Waals surface area contributed by atoms with E-state index in [1.807, 2.05) is 28.8 Å². The fourth-order valence-electron chi connectivity index (χ4n) is 2.13. The van der Waals surface area contributed by atoms with Crippen LogP contribution in [0.2, 0.25) is 5.02 Å². The molecule has 20 heavy (non-hydrogen) atoms. The van der Waals surface area contributed by atoms with Gasteiger partial charge in [-0.2, -0.15) is 0 Å². The molecule has 100 valence electrons. The summed E-state index contributed by atoms with van der Waals surface area (Å²) in [5.41, 5.74) is 2.78. The van der Waals surface area contributed by atoms with Crippen molar-refractivity contribution in [3.63, 3.8) is 0 Å². The first-order valence-corrected chi connectivity index (χ1v) is 6.44. The largest absolute Gasteiger partial charge is 0.478 e. The summed E-state index contributed by atoms with van der Waals surface area (Å²) in [4.78, 5) is 15.2. The molecule has 3 aromatic rings. The summed E-state index contributed by atoms with van der Waals surface area (Å²) >= 11 is 6.15. The Bertz CT molecular complexity index is 795. The summed E-state index contributed by atoms with van der Waals surface area (Å²) < 4.78 is 1.95. The second-order valence-corrected chi connectivity index (χ2v) is 4.88. The molecule has 1 aromatic heterocycles. The van der Waals surface area contributed by atoms with Crippen molar-refractivity contribution in [2.45, 2.75) is 6.54 Å². The Balaban J connectivity index is 2.01. The van der Waals surface area contributed by atoms with Gasteiger partial charge in [-0.3, -0.25) is 0 Å². The number of rotatable bonds is 3. The van der Waals surface area contributed by atoms with Gasteiger partial charge in [0, 0.05) is 5.02 Å². The molecule has 0 aliphatic heterocycles. The average molecular weight is 287 g/mol. The van der Waals surface area contributed by atoms with Gasteiger partial charge in [0.25, 0.3) is 0 Å². The fraction of sp³-hybridized carbons (Fsp3) is 0.0667. The number of fused-ring (bicyclic) bond motifs is 1. The number of benzene rings is 2. The molecule has 1 heterocycles. The van der Waals surface area contributed by atoms with Gasteiger partial charge in [-0.15, -0.1) is 0 Å². The van der Waals surface area contributed by atoms with Crippen LogP contribution in [0.25, 0.3) is 11.0 Å². The third-order valence-corrected chi connectivity index (χ3v) is 3.54. The summed E-state index contributed by atoms with van der Waals surface area (Å²) in [5.74, 6) is -0.951. The van der Waals surface area contributed by atoms with Crippen LogP contribution in [0.3, 0.4) is 0 Å². The van der Waals surface area contributed by atoms with Crippen LogP contribution in [-0.4, -0.2) is 20.6 Å². The minimum Gasteiger partial charge on any atom is -0.478 e.